The lowest BCUT2D eigenvalue weighted by molar-refractivity contribution is 0.184. The zero-order valence-corrected chi connectivity index (χ0v) is 19.8. The molecular weight excluding hydrogens is 474 g/mol. The van der Waals surface area contributed by atoms with Gasteiger partial charge in [0.2, 0.25) is 0 Å². The number of anilines is 2. The fourth-order valence-electron chi connectivity index (χ4n) is 4.72. The number of amidine groups is 1. The number of pyridine rings is 1. The van der Waals surface area contributed by atoms with Gasteiger partial charge in [-0.3, -0.25) is 4.99 Å². The SMILES string of the molecule is C#CCOc1cnc2c(Nc3cc(F)c(F)c([C@@]4(C)N=C(N)S[C@@]5(COC)C[C@H]54)c3)ncnc2c1. The average molecular weight is 497 g/mol. The van der Waals surface area contributed by atoms with Crippen molar-refractivity contribution in [3.05, 3.63) is 47.9 Å². The summed E-state index contributed by atoms with van der Waals surface area (Å²) in [5.41, 5.74) is 6.39. The molecule has 0 spiro atoms. The molecule has 0 amide bonds. The predicted molar refractivity (Wildman–Crippen MR) is 131 cm³/mol. The van der Waals surface area contributed by atoms with E-state index in [1.54, 1.807) is 26.2 Å². The third-order valence-electron chi connectivity index (χ3n) is 6.35. The zero-order chi connectivity index (χ0) is 24.8. The summed E-state index contributed by atoms with van der Waals surface area (Å²) in [6.45, 7) is 2.32. The summed E-state index contributed by atoms with van der Waals surface area (Å²) < 4.78 is 40.5. The molecule has 1 fully saturated rings. The fourth-order valence-corrected chi connectivity index (χ4v) is 6.17. The maximum atomic E-state index is 15.2. The van der Waals surface area contributed by atoms with E-state index in [-0.39, 0.29) is 22.8 Å². The molecule has 1 aromatic carbocycles. The lowest BCUT2D eigenvalue weighted by atomic mass is 9.85. The van der Waals surface area contributed by atoms with Gasteiger partial charge < -0.3 is 20.5 Å². The fraction of sp³-hybridized carbons (Fsp3) is 0.333. The Kier molecular flexibility index (Phi) is 5.73. The third kappa shape index (κ3) is 4.02. The Morgan fingerprint density at radius 3 is 2.89 bits per heavy atom. The van der Waals surface area contributed by atoms with Gasteiger partial charge in [0.05, 0.1) is 28.6 Å². The second-order valence-corrected chi connectivity index (χ2v) is 10.1. The van der Waals surface area contributed by atoms with Crippen molar-refractivity contribution in [3.63, 3.8) is 0 Å². The molecule has 1 aliphatic carbocycles. The van der Waals surface area contributed by atoms with Crippen LogP contribution in [0.3, 0.4) is 0 Å². The van der Waals surface area contributed by atoms with Crippen LogP contribution in [0.15, 0.2) is 35.7 Å². The molecule has 3 heterocycles. The standard InChI is InChI=1S/C24H22F2N6O2S/c1-4-5-34-14-8-17-20(28-10-14)21(30-12-29-17)31-13-6-15(19(26)16(25)7-13)23(2)18-9-24(18,11-33-3)35-22(27)32-23/h1,6-8,10,12,18H,5,9,11H2,2-3H3,(H2,27,32)(H,29,30,31)/t18-,23+,24+/m0/s1. The molecule has 2 aromatic heterocycles. The van der Waals surface area contributed by atoms with Crippen molar-refractivity contribution in [2.45, 2.75) is 23.6 Å². The van der Waals surface area contributed by atoms with Crippen LogP contribution in [0.5, 0.6) is 5.75 Å². The van der Waals surface area contributed by atoms with Gasteiger partial charge in [-0.05, 0) is 19.4 Å². The van der Waals surface area contributed by atoms with E-state index in [1.807, 2.05) is 0 Å². The van der Waals surface area contributed by atoms with Crippen LogP contribution < -0.4 is 15.8 Å². The third-order valence-corrected chi connectivity index (χ3v) is 7.63. The molecule has 3 aromatic rings. The summed E-state index contributed by atoms with van der Waals surface area (Å²) in [6, 6.07) is 4.28. The van der Waals surface area contributed by atoms with E-state index in [0.717, 1.165) is 12.5 Å². The van der Waals surface area contributed by atoms with E-state index in [9.17, 15) is 4.39 Å². The van der Waals surface area contributed by atoms with Crippen LogP contribution in [0.1, 0.15) is 18.9 Å². The Morgan fingerprint density at radius 1 is 1.29 bits per heavy atom. The number of fused-ring (bicyclic) bond motifs is 2. The molecule has 3 N–H and O–H groups in total. The van der Waals surface area contributed by atoms with Gasteiger partial charge in [0, 0.05) is 36.4 Å². The molecule has 1 aliphatic heterocycles. The maximum absolute atomic E-state index is 15.2. The molecule has 0 bridgehead atoms. The summed E-state index contributed by atoms with van der Waals surface area (Å²) in [5, 5.41) is 3.37. The van der Waals surface area contributed by atoms with Crippen LogP contribution >= 0.6 is 11.8 Å². The highest BCUT2D eigenvalue weighted by atomic mass is 32.2. The van der Waals surface area contributed by atoms with Crippen molar-refractivity contribution >= 4 is 39.5 Å². The quantitative estimate of drug-likeness (QED) is 0.477. The number of rotatable bonds is 7. The Morgan fingerprint density at radius 2 is 2.11 bits per heavy atom. The number of benzene rings is 1. The van der Waals surface area contributed by atoms with Gasteiger partial charge >= 0.3 is 0 Å². The number of aliphatic imine (C=N–C) groups is 1. The van der Waals surface area contributed by atoms with Crippen LogP contribution in [0, 0.1) is 29.9 Å². The lowest BCUT2D eigenvalue weighted by Gasteiger charge is -2.34. The van der Waals surface area contributed by atoms with Gasteiger partial charge in [-0.1, -0.05) is 17.7 Å². The molecule has 180 valence electrons. The van der Waals surface area contributed by atoms with E-state index in [0.29, 0.717) is 40.1 Å². The smallest absolute Gasteiger partial charge is 0.164 e. The highest BCUT2D eigenvalue weighted by molar-refractivity contribution is 8.15. The van der Waals surface area contributed by atoms with Crippen LogP contribution in [-0.2, 0) is 10.3 Å². The van der Waals surface area contributed by atoms with E-state index in [1.165, 1.54) is 24.3 Å². The van der Waals surface area contributed by atoms with E-state index in [2.05, 4.69) is 31.2 Å². The van der Waals surface area contributed by atoms with E-state index >= 15 is 4.39 Å². The highest BCUT2D eigenvalue weighted by Crippen LogP contribution is 2.66. The summed E-state index contributed by atoms with van der Waals surface area (Å²) >= 11 is 1.43. The number of aromatic nitrogens is 3. The Labute approximate surface area is 204 Å². The Bertz CT molecular complexity index is 1400. The molecule has 8 nitrogen and oxygen atoms in total. The number of thioether (sulfide) groups is 1. The first-order chi connectivity index (χ1) is 16.8. The molecule has 5 rings (SSSR count). The summed E-state index contributed by atoms with van der Waals surface area (Å²) in [6.07, 6.45) is 8.79. The number of halogens is 2. The van der Waals surface area contributed by atoms with Crippen LogP contribution in [0.25, 0.3) is 11.0 Å². The zero-order valence-electron chi connectivity index (χ0n) is 19.0. The number of nitrogens with two attached hydrogens (primary N) is 1. The van der Waals surface area contributed by atoms with Crippen molar-refractivity contribution in [3.8, 4) is 18.1 Å². The number of nitrogens with zero attached hydrogens (tertiary/aromatic N) is 4. The Balaban J connectivity index is 1.52. The van der Waals surface area contributed by atoms with Crippen molar-refractivity contribution in [2.75, 3.05) is 25.6 Å². The van der Waals surface area contributed by atoms with Crippen molar-refractivity contribution < 1.29 is 18.3 Å². The summed E-state index contributed by atoms with van der Waals surface area (Å²) in [7, 11) is 1.61. The van der Waals surface area contributed by atoms with Crippen LogP contribution in [0.2, 0.25) is 0 Å². The van der Waals surface area contributed by atoms with Crippen molar-refractivity contribution in [1.82, 2.24) is 15.0 Å². The van der Waals surface area contributed by atoms with Gasteiger partial charge in [0.25, 0.3) is 0 Å². The first-order valence-corrected chi connectivity index (χ1v) is 11.6. The van der Waals surface area contributed by atoms with Gasteiger partial charge in [-0.15, -0.1) is 6.42 Å². The number of ether oxygens (including phenoxy) is 2. The molecule has 0 unspecified atom stereocenters. The molecule has 11 heteroatoms. The van der Waals surface area contributed by atoms with Gasteiger partial charge in [-0.2, -0.15) is 0 Å². The molecule has 35 heavy (non-hydrogen) atoms. The molecule has 3 atom stereocenters. The van der Waals surface area contributed by atoms with Gasteiger partial charge in [0.15, 0.2) is 22.6 Å². The maximum Gasteiger partial charge on any atom is 0.164 e. The minimum absolute atomic E-state index is 0.0561. The average Bonchev–Trinajstić information content (AvgIpc) is 3.54. The second kappa shape index (κ2) is 8.62. The van der Waals surface area contributed by atoms with Crippen molar-refractivity contribution in [1.29, 1.82) is 0 Å². The van der Waals surface area contributed by atoms with E-state index in [4.69, 9.17) is 21.6 Å². The molecule has 0 saturated heterocycles. The molecular formula is C24H22F2N6O2S. The van der Waals surface area contributed by atoms with Crippen molar-refractivity contribution in [2.24, 2.45) is 16.6 Å². The monoisotopic (exact) mass is 496 g/mol. The van der Waals surface area contributed by atoms with Gasteiger partial charge in [0.1, 0.15) is 24.2 Å². The number of hydrogen-bond acceptors (Lipinski definition) is 9. The number of nitrogens with one attached hydrogen (secondary N) is 1. The second-order valence-electron chi connectivity index (χ2n) is 8.65. The number of hydrogen-bond donors (Lipinski definition) is 2. The summed E-state index contributed by atoms with van der Waals surface area (Å²) in [5.74, 6) is 1.14. The molecule has 0 radical (unpaired) electrons. The topological polar surface area (TPSA) is 108 Å². The van der Waals surface area contributed by atoms with E-state index < -0.39 is 17.2 Å². The highest BCUT2D eigenvalue weighted by Gasteiger charge is 2.66. The normalized spacial score (nSPS) is 24.9. The number of terminal acetylenes is 1. The molecule has 1 saturated carbocycles. The summed E-state index contributed by atoms with van der Waals surface area (Å²) in [4.78, 5) is 17.4. The minimum atomic E-state index is -1.05. The predicted octanol–water partition coefficient (Wildman–Crippen LogP) is 3.74. The minimum Gasteiger partial charge on any atom is -0.479 e. The number of methoxy groups -OCH3 is 1. The lowest BCUT2D eigenvalue weighted by Crippen LogP contribution is -2.37. The van der Waals surface area contributed by atoms with Gasteiger partial charge in [-0.25, -0.2) is 23.7 Å². The Hall–Kier alpha value is -3.49. The largest absolute Gasteiger partial charge is 0.479 e. The first-order valence-electron chi connectivity index (χ1n) is 10.8. The van der Waals surface area contributed by atoms with Crippen LogP contribution in [-0.4, -0.2) is 45.2 Å². The van der Waals surface area contributed by atoms with Crippen LogP contribution in [0.4, 0.5) is 20.3 Å². The first kappa shape index (κ1) is 23.3. The molecule has 2 aliphatic rings.